The van der Waals surface area contributed by atoms with Crippen LogP contribution >= 0.6 is 11.6 Å². The largest absolute Gasteiger partial charge is 0.478 e. The molecule has 1 aliphatic heterocycles. The number of aromatic carboxylic acids is 1. The summed E-state index contributed by atoms with van der Waals surface area (Å²) in [5, 5.41) is 9.99. The lowest BCUT2D eigenvalue weighted by Gasteiger charge is -2.18. The highest BCUT2D eigenvalue weighted by molar-refractivity contribution is 6.39. The molecule has 0 unspecified atom stereocenters. The quantitative estimate of drug-likeness (QED) is 0.340. The number of nitrogens with zero attached hydrogens (tertiary/aromatic N) is 1. The molecule has 1 heterocycles. The van der Waals surface area contributed by atoms with Gasteiger partial charge in [-0.1, -0.05) is 84.4 Å². The first-order chi connectivity index (χ1) is 16.5. The van der Waals surface area contributed by atoms with E-state index in [1.807, 2.05) is 84.9 Å². The molecule has 166 valence electrons. The molecule has 34 heavy (non-hydrogen) atoms. The molecular weight excluding hydrogens is 446 g/mol. The number of hydrogen-bond acceptors (Lipinski definition) is 2. The van der Waals surface area contributed by atoms with Crippen molar-refractivity contribution in [1.82, 2.24) is 0 Å². The van der Waals surface area contributed by atoms with Gasteiger partial charge in [-0.25, -0.2) is 4.79 Å². The zero-order valence-corrected chi connectivity index (χ0v) is 18.9. The Morgan fingerprint density at radius 2 is 1.41 bits per heavy atom. The van der Waals surface area contributed by atoms with Gasteiger partial charge >= 0.3 is 5.97 Å². The third kappa shape index (κ3) is 4.00. The first kappa shape index (κ1) is 21.7. The molecule has 1 aliphatic rings. The van der Waals surface area contributed by atoms with Crippen LogP contribution in [0.5, 0.6) is 0 Å². The third-order valence-electron chi connectivity index (χ3n) is 5.88. The number of anilines is 1. The van der Waals surface area contributed by atoms with Crippen molar-refractivity contribution in [2.75, 3.05) is 4.90 Å². The number of rotatable bonds is 5. The summed E-state index contributed by atoms with van der Waals surface area (Å²) in [6.45, 7) is 0.267. The van der Waals surface area contributed by atoms with Gasteiger partial charge in [-0.3, -0.25) is 4.79 Å². The first-order valence-corrected chi connectivity index (χ1v) is 11.2. The van der Waals surface area contributed by atoms with Crippen molar-refractivity contribution in [3.63, 3.8) is 0 Å². The summed E-state index contributed by atoms with van der Waals surface area (Å²) in [4.78, 5) is 27.1. The molecule has 0 bridgehead atoms. The van der Waals surface area contributed by atoms with E-state index in [0.29, 0.717) is 10.6 Å². The van der Waals surface area contributed by atoms with E-state index < -0.39 is 5.97 Å². The lowest BCUT2D eigenvalue weighted by Crippen LogP contribution is -2.26. The van der Waals surface area contributed by atoms with Crippen LogP contribution in [0.2, 0.25) is 5.02 Å². The van der Waals surface area contributed by atoms with Gasteiger partial charge in [-0.15, -0.1) is 0 Å². The zero-order valence-electron chi connectivity index (χ0n) is 18.1. The van der Waals surface area contributed by atoms with Crippen LogP contribution in [0.25, 0.3) is 11.1 Å². The predicted octanol–water partition coefficient (Wildman–Crippen LogP) is 6.54. The maximum absolute atomic E-state index is 14.0. The first-order valence-electron chi connectivity index (χ1n) is 10.8. The molecule has 4 aromatic rings. The van der Waals surface area contributed by atoms with Gasteiger partial charge in [-0.2, -0.15) is 0 Å². The number of benzene rings is 4. The molecule has 0 aliphatic carbocycles. The van der Waals surface area contributed by atoms with E-state index in [1.54, 1.807) is 23.1 Å². The Hall–Kier alpha value is -4.15. The SMILES string of the molecule is O=C(O)c1cccc(CN2C(=O)/C(=C(/c3ccccc3)c3ccc(Cl)cc3)c3ccccc32)c1. The summed E-state index contributed by atoms with van der Waals surface area (Å²) in [6.07, 6.45) is 0. The lowest BCUT2D eigenvalue weighted by atomic mass is 9.90. The molecule has 0 fully saturated rings. The van der Waals surface area contributed by atoms with Gasteiger partial charge in [0.2, 0.25) is 0 Å². The van der Waals surface area contributed by atoms with Crippen LogP contribution in [0.4, 0.5) is 5.69 Å². The summed E-state index contributed by atoms with van der Waals surface area (Å²) in [5.74, 6) is -1.12. The topological polar surface area (TPSA) is 57.6 Å². The van der Waals surface area contributed by atoms with Crippen molar-refractivity contribution >= 4 is 40.3 Å². The van der Waals surface area contributed by atoms with E-state index in [9.17, 15) is 14.7 Å². The van der Waals surface area contributed by atoms with E-state index in [1.165, 1.54) is 0 Å². The Kier molecular flexibility index (Phi) is 5.74. The maximum atomic E-state index is 14.0. The highest BCUT2D eigenvalue weighted by Gasteiger charge is 2.35. The lowest BCUT2D eigenvalue weighted by molar-refractivity contribution is -0.113. The fraction of sp³-hybridized carbons (Fsp3) is 0.0345. The Bertz CT molecular complexity index is 1430. The average Bonchev–Trinajstić information content (AvgIpc) is 3.13. The number of carboxylic acids is 1. The van der Waals surface area contributed by atoms with Crippen molar-refractivity contribution in [2.24, 2.45) is 0 Å². The highest BCUT2D eigenvalue weighted by Crippen LogP contribution is 2.43. The summed E-state index contributed by atoms with van der Waals surface area (Å²) < 4.78 is 0. The number of para-hydroxylation sites is 1. The Morgan fingerprint density at radius 3 is 2.15 bits per heavy atom. The van der Waals surface area contributed by atoms with Gasteiger partial charge in [0, 0.05) is 16.2 Å². The fourth-order valence-electron chi connectivity index (χ4n) is 4.34. The molecule has 4 nitrogen and oxygen atoms in total. The van der Waals surface area contributed by atoms with Gasteiger partial charge in [0.15, 0.2) is 0 Å². The van der Waals surface area contributed by atoms with E-state index in [-0.39, 0.29) is 18.0 Å². The Morgan fingerprint density at radius 1 is 0.765 bits per heavy atom. The normalized spacial score (nSPS) is 14.1. The summed E-state index contributed by atoms with van der Waals surface area (Å²) in [6, 6.07) is 31.7. The van der Waals surface area contributed by atoms with Crippen molar-refractivity contribution in [3.8, 4) is 0 Å². The van der Waals surface area contributed by atoms with Crippen LogP contribution in [0.1, 0.15) is 32.6 Å². The minimum Gasteiger partial charge on any atom is -0.478 e. The summed E-state index contributed by atoms with van der Waals surface area (Å²) in [5.41, 5.74) is 5.84. The fourth-order valence-corrected chi connectivity index (χ4v) is 4.47. The van der Waals surface area contributed by atoms with E-state index in [4.69, 9.17) is 11.6 Å². The van der Waals surface area contributed by atoms with Crippen molar-refractivity contribution in [3.05, 3.63) is 136 Å². The Balaban J connectivity index is 1.69. The summed E-state index contributed by atoms with van der Waals surface area (Å²) in [7, 11) is 0. The van der Waals surface area contributed by atoms with Gasteiger partial charge in [0.1, 0.15) is 0 Å². The number of amides is 1. The van der Waals surface area contributed by atoms with Crippen LogP contribution in [0.15, 0.2) is 103 Å². The van der Waals surface area contributed by atoms with Crippen LogP contribution < -0.4 is 4.90 Å². The number of fused-ring (bicyclic) bond motifs is 1. The monoisotopic (exact) mass is 465 g/mol. The molecule has 5 heteroatoms. The Labute approximate surface area is 202 Å². The number of carbonyl (C=O) groups excluding carboxylic acids is 1. The molecule has 0 atom stereocenters. The van der Waals surface area contributed by atoms with E-state index in [2.05, 4.69) is 0 Å². The predicted molar refractivity (Wildman–Crippen MR) is 135 cm³/mol. The highest BCUT2D eigenvalue weighted by atomic mass is 35.5. The molecule has 0 saturated carbocycles. The molecule has 1 N–H and O–H groups in total. The molecule has 4 aromatic carbocycles. The number of hydrogen-bond donors (Lipinski definition) is 1. The standard InChI is InChI=1S/C29H20ClNO3/c30-23-15-13-21(14-16-23)26(20-8-2-1-3-9-20)27-24-11-4-5-12-25(24)31(28(27)32)18-19-7-6-10-22(17-19)29(33)34/h1-17H,18H2,(H,33,34)/b27-26-. The van der Waals surface area contributed by atoms with Crippen molar-refractivity contribution in [2.45, 2.75) is 6.54 Å². The second kappa shape index (κ2) is 9.00. The van der Waals surface area contributed by atoms with Gasteiger partial charge in [-0.05, 0) is 47.0 Å². The molecule has 0 spiro atoms. The van der Waals surface area contributed by atoms with Gasteiger partial charge < -0.3 is 10.0 Å². The second-order valence-corrected chi connectivity index (χ2v) is 8.47. The number of carboxylic acid groups (broad SMARTS) is 1. The van der Waals surface area contributed by atoms with Crippen LogP contribution in [0.3, 0.4) is 0 Å². The van der Waals surface area contributed by atoms with Gasteiger partial charge in [0.25, 0.3) is 5.91 Å². The minimum absolute atomic E-state index is 0.129. The maximum Gasteiger partial charge on any atom is 0.335 e. The second-order valence-electron chi connectivity index (χ2n) is 8.04. The third-order valence-corrected chi connectivity index (χ3v) is 6.14. The number of carbonyl (C=O) groups is 2. The average molecular weight is 466 g/mol. The number of halogens is 1. The smallest absolute Gasteiger partial charge is 0.335 e. The van der Waals surface area contributed by atoms with Gasteiger partial charge in [0.05, 0.1) is 23.4 Å². The molecule has 0 radical (unpaired) electrons. The van der Waals surface area contributed by atoms with Crippen LogP contribution in [-0.4, -0.2) is 17.0 Å². The van der Waals surface area contributed by atoms with Crippen molar-refractivity contribution < 1.29 is 14.7 Å². The molecular formula is C29H20ClNO3. The van der Waals surface area contributed by atoms with Crippen LogP contribution in [-0.2, 0) is 11.3 Å². The summed E-state index contributed by atoms with van der Waals surface area (Å²) >= 11 is 6.15. The minimum atomic E-state index is -0.996. The molecule has 5 rings (SSSR count). The van der Waals surface area contributed by atoms with E-state index in [0.717, 1.165) is 33.5 Å². The van der Waals surface area contributed by atoms with E-state index >= 15 is 0 Å². The molecule has 0 aromatic heterocycles. The molecule has 1 amide bonds. The van der Waals surface area contributed by atoms with Crippen LogP contribution in [0, 0.1) is 0 Å². The molecule has 0 saturated heterocycles. The van der Waals surface area contributed by atoms with Crippen molar-refractivity contribution in [1.29, 1.82) is 0 Å². The zero-order chi connectivity index (χ0) is 23.7.